The minimum atomic E-state index is -0.911. The number of hydrogen-bond acceptors (Lipinski definition) is 7. The Morgan fingerprint density at radius 3 is 2.35 bits per heavy atom. The second-order valence-corrected chi connectivity index (χ2v) is 14.6. The van der Waals surface area contributed by atoms with Crippen molar-refractivity contribution < 1.29 is 34.4 Å². The first kappa shape index (κ1) is 34.9. The van der Waals surface area contributed by atoms with E-state index >= 15 is 0 Å². The molecule has 1 aliphatic carbocycles. The quantitative estimate of drug-likeness (QED) is 0.0986. The van der Waals surface area contributed by atoms with Gasteiger partial charge >= 0.3 is 0 Å². The molecule has 0 spiro atoms. The van der Waals surface area contributed by atoms with E-state index in [0.717, 1.165) is 53.7 Å². The van der Waals surface area contributed by atoms with Crippen LogP contribution in [0.3, 0.4) is 0 Å². The van der Waals surface area contributed by atoms with Crippen molar-refractivity contribution in [2.45, 2.75) is 82.3 Å². The second-order valence-electron chi connectivity index (χ2n) is 14.6. The number of nitrogens with one attached hydrogen (secondary N) is 1. The number of rotatable bonds is 16. The summed E-state index contributed by atoms with van der Waals surface area (Å²) in [6.45, 7) is 7.72. The Hall–Kier alpha value is -2.98. The molecule has 0 amide bonds. The van der Waals surface area contributed by atoms with E-state index in [0.29, 0.717) is 36.8 Å². The molecule has 4 fully saturated rings. The minimum absolute atomic E-state index is 0.0259. The molecule has 4 atom stereocenters. The number of aliphatic hydroxyl groups is 3. The van der Waals surface area contributed by atoms with Gasteiger partial charge in [-0.3, -0.25) is 0 Å². The molecule has 8 nitrogen and oxygen atoms in total. The first-order valence-electron chi connectivity index (χ1n) is 18.1. The maximum Gasteiger partial charge on any atom is 0.121 e. The summed E-state index contributed by atoms with van der Waals surface area (Å²) in [6.07, 6.45) is 7.35. The van der Waals surface area contributed by atoms with Crippen LogP contribution in [0, 0.1) is 11.8 Å². The summed E-state index contributed by atoms with van der Waals surface area (Å²) in [5, 5.41) is 45.2. The lowest BCUT2D eigenvalue weighted by molar-refractivity contribution is -0.946. The normalized spacial score (nSPS) is 25.1. The molecule has 3 heterocycles. The van der Waals surface area contributed by atoms with Crippen LogP contribution in [-0.2, 0) is 16.9 Å². The van der Waals surface area contributed by atoms with Gasteiger partial charge in [0, 0.05) is 43.3 Å². The van der Waals surface area contributed by atoms with Crippen LogP contribution < -0.4 is 10.1 Å². The molecular formula is C40H55N2O6+. The van der Waals surface area contributed by atoms with Crippen molar-refractivity contribution in [1.29, 1.82) is 0 Å². The number of fused-ring (bicyclic) bond motifs is 3. The molecule has 5 N–H and O–H groups in total. The van der Waals surface area contributed by atoms with E-state index in [1.165, 1.54) is 44.8 Å². The van der Waals surface area contributed by atoms with Crippen LogP contribution in [0.15, 0.2) is 72.8 Å². The van der Waals surface area contributed by atoms with Crippen LogP contribution in [0.4, 0.5) is 0 Å². The summed E-state index contributed by atoms with van der Waals surface area (Å²) in [4.78, 5) is 0. The lowest BCUT2D eigenvalue weighted by Crippen LogP contribution is -2.65. The van der Waals surface area contributed by atoms with Gasteiger partial charge < -0.3 is 39.7 Å². The van der Waals surface area contributed by atoms with Gasteiger partial charge in [0.2, 0.25) is 0 Å². The van der Waals surface area contributed by atoms with Gasteiger partial charge in [0.05, 0.1) is 45.6 Å². The minimum Gasteiger partial charge on any atom is -0.508 e. The van der Waals surface area contributed by atoms with E-state index in [1.807, 2.05) is 30.3 Å². The molecule has 3 aromatic carbocycles. The van der Waals surface area contributed by atoms with Gasteiger partial charge in [0.25, 0.3) is 0 Å². The van der Waals surface area contributed by atoms with Crippen LogP contribution in [0.5, 0.6) is 11.5 Å². The fraction of sp³-hybridized carbons (Fsp3) is 0.550. The van der Waals surface area contributed by atoms with Gasteiger partial charge in [-0.1, -0.05) is 61.4 Å². The average molecular weight is 660 g/mol. The van der Waals surface area contributed by atoms with Crippen molar-refractivity contribution in [3.8, 4) is 11.5 Å². The van der Waals surface area contributed by atoms with Gasteiger partial charge in [0.1, 0.15) is 29.7 Å². The molecule has 0 unspecified atom stereocenters. The largest absolute Gasteiger partial charge is 0.508 e. The highest BCUT2D eigenvalue weighted by molar-refractivity contribution is 5.36. The fourth-order valence-electron chi connectivity index (χ4n) is 8.43. The van der Waals surface area contributed by atoms with E-state index in [4.69, 9.17) is 9.47 Å². The van der Waals surface area contributed by atoms with Crippen molar-refractivity contribution >= 4 is 0 Å². The number of ether oxygens (including phenoxy) is 2. The Morgan fingerprint density at radius 1 is 0.938 bits per heavy atom. The molecule has 0 radical (unpaired) electrons. The van der Waals surface area contributed by atoms with Crippen molar-refractivity contribution in [1.82, 2.24) is 5.32 Å². The monoisotopic (exact) mass is 659 g/mol. The van der Waals surface area contributed by atoms with Gasteiger partial charge in [0.15, 0.2) is 0 Å². The molecule has 3 saturated heterocycles. The smallest absolute Gasteiger partial charge is 0.121 e. The molecule has 3 aromatic rings. The van der Waals surface area contributed by atoms with Crippen LogP contribution in [0.25, 0.3) is 0 Å². The fourth-order valence-corrected chi connectivity index (χ4v) is 8.43. The Balaban J connectivity index is 0.951. The van der Waals surface area contributed by atoms with E-state index in [2.05, 4.69) is 36.5 Å². The number of nitrogens with zero attached hydrogens (tertiary/aromatic N) is 1. The number of hydrogen-bond donors (Lipinski definition) is 5. The zero-order chi connectivity index (χ0) is 33.6. The molecule has 0 aromatic heterocycles. The van der Waals surface area contributed by atoms with Crippen LogP contribution in [0.2, 0.25) is 0 Å². The SMILES string of the molecule is C[C@@H](NC[C@H](O)c1ccc(O)c(CO)c1)c1ccc(OCCC[N+]23CCC(CC2)[C@@H](OC[C@@](O)(c2ccccc2)C2CCCC2)C3)cc1. The average Bonchev–Trinajstić information content (AvgIpc) is 3.69. The summed E-state index contributed by atoms with van der Waals surface area (Å²) in [5.74, 6) is 1.74. The number of phenols is 1. The molecule has 3 aliphatic heterocycles. The molecule has 8 heteroatoms. The van der Waals surface area contributed by atoms with Crippen LogP contribution in [0.1, 0.15) is 86.3 Å². The predicted molar refractivity (Wildman–Crippen MR) is 186 cm³/mol. The van der Waals surface area contributed by atoms with Gasteiger partial charge in [-0.25, -0.2) is 0 Å². The van der Waals surface area contributed by atoms with Gasteiger partial charge in [-0.05, 0) is 66.6 Å². The van der Waals surface area contributed by atoms with Crippen molar-refractivity contribution in [3.05, 3.63) is 95.1 Å². The standard InChI is InChI=1S/C40H54N2O6/c1-29(41-25-38(45)32-14-17-37(44)33(24-32)27-43)30-12-15-36(16-13-30)47-23-7-20-42-21-18-31(19-22-42)39(26-42)48-28-40(46,35-10-5-6-11-35)34-8-3-2-4-9-34/h2-4,8-9,12-17,24,29,31,35,38-39,41,43,45-46H,5-7,10-11,18-23,25-28H2,1H3/p+1/t29-,31?,38+,39+,40-,42?/m1/s1. The molecule has 260 valence electrons. The number of aromatic hydroxyl groups is 1. The third-order valence-electron chi connectivity index (χ3n) is 11.6. The Morgan fingerprint density at radius 2 is 1.65 bits per heavy atom. The summed E-state index contributed by atoms with van der Waals surface area (Å²) in [7, 11) is 0. The van der Waals surface area contributed by atoms with Gasteiger partial charge in [-0.2, -0.15) is 0 Å². The number of piperidine rings is 3. The van der Waals surface area contributed by atoms with E-state index < -0.39 is 11.7 Å². The molecule has 48 heavy (non-hydrogen) atoms. The highest BCUT2D eigenvalue weighted by Gasteiger charge is 2.48. The number of quaternary nitrogens is 1. The second kappa shape index (κ2) is 15.7. The number of benzene rings is 3. The van der Waals surface area contributed by atoms with Gasteiger partial charge in [-0.15, -0.1) is 0 Å². The van der Waals surface area contributed by atoms with E-state index in [9.17, 15) is 20.4 Å². The predicted octanol–water partition coefficient (Wildman–Crippen LogP) is 5.74. The summed E-state index contributed by atoms with van der Waals surface area (Å²) >= 11 is 0. The Labute approximate surface area is 285 Å². The molecular weight excluding hydrogens is 604 g/mol. The Bertz CT molecular complexity index is 1440. The zero-order valence-corrected chi connectivity index (χ0v) is 28.5. The maximum atomic E-state index is 12.0. The first-order valence-corrected chi connectivity index (χ1v) is 18.1. The zero-order valence-electron chi connectivity index (χ0n) is 28.5. The Kier molecular flexibility index (Phi) is 11.4. The molecule has 2 bridgehead atoms. The summed E-state index contributed by atoms with van der Waals surface area (Å²) in [6, 6.07) is 23.2. The lowest BCUT2D eigenvalue weighted by Gasteiger charge is -2.53. The van der Waals surface area contributed by atoms with Crippen LogP contribution in [-0.4, -0.2) is 77.0 Å². The van der Waals surface area contributed by atoms with Crippen molar-refractivity contribution in [2.24, 2.45) is 11.8 Å². The third-order valence-corrected chi connectivity index (χ3v) is 11.6. The maximum absolute atomic E-state index is 12.0. The highest BCUT2D eigenvalue weighted by atomic mass is 16.5. The molecule has 4 aliphatic rings. The summed E-state index contributed by atoms with van der Waals surface area (Å²) in [5.41, 5.74) is 2.24. The highest BCUT2D eigenvalue weighted by Crippen LogP contribution is 2.42. The van der Waals surface area contributed by atoms with E-state index in [1.54, 1.807) is 12.1 Å². The lowest BCUT2D eigenvalue weighted by atomic mass is 9.80. The van der Waals surface area contributed by atoms with Crippen molar-refractivity contribution in [2.75, 3.05) is 45.9 Å². The van der Waals surface area contributed by atoms with Crippen LogP contribution >= 0.6 is 0 Å². The molecule has 7 rings (SSSR count). The first-order chi connectivity index (χ1) is 23.3. The number of aliphatic hydroxyl groups excluding tert-OH is 2. The molecule has 1 saturated carbocycles. The summed E-state index contributed by atoms with van der Waals surface area (Å²) < 4.78 is 14.0. The van der Waals surface area contributed by atoms with E-state index in [-0.39, 0.29) is 30.4 Å². The third kappa shape index (κ3) is 8.07. The topological polar surface area (TPSA) is 111 Å². The van der Waals surface area contributed by atoms with Crippen molar-refractivity contribution in [3.63, 3.8) is 0 Å².